The molecule has 2 N–H and O–H groups in total. The third-order valence-electron chi connectivity index (χ3n) is 6.81. The first-order chi connectivity index (χ1) is 14.6. The summed E-state index contributed by atoms with van der Waals surface area (Å²) in [5, 5.41) is 14.0. The third kappa shape index (κ3) is 3.32. The zero-order valence-electron chi connectivity index (χ0n) is 17.0. The van der Waals surface area contributed by atoms with Crippen LogP contribution in [0.25, 0.3) is 0 Å². The van der Waals surface area contributed by atoms with E-state index in [1.807, 2.05) is 30.3 Å². The number of aromatic hydroxyl groups is 1. The molecule has 0 aromatic heterocycles. The Kier molecular flexibility index (Phi) is 5.07. The molecule has 1 aliphatic carbocycles. The van der Waals surface area contributed by atoms with Gasteiger partial charge in [-0.05, 0) is 55.0 Å². The summed E-state index contributed by atoms with van der Waals surface area (Å²) in [6, 6.07) is 13.0. The molecule has 2 heterocycles. The molecule has 0 spiro atoms. The van der Waals surface area contributed by atoms with Crippen molar-refractivity contribution in [1.29, 1.82) is 0 Å². The largest absolute Gasteiger partial charge is 0.508 e. The van der Waals surface area contributed by atoms with Crippen molar-refractivity contribution in [2.75, 3.05) is 18.4 Å². The Labute approximate surface area is 178 Å². The lowest BCUT2D eigenvalue weighted by Crippen LogP contribution is -2.33. The van der Waals surface area contributed by atoms with Crippen LogP contribution in [-0.4, -0.2) is 30.9 Å². The maximum absolute atomic E-state index is 13.3. The summed E-state index contributed by atoms with van der Waals surface area (Å²) in [7, 11) is -3.48. The topological polar surface area (TPSA) is 69.6 Å². The van der Waals surface area contributed by atoms with Crippen LogP contribution in [0.2, 0.25) is 0 Å². The number of nitrogens with zero attached hydrogens (tertiary/aromatic N) is 1. The predicted molar refractivity (Wildman–Crippen MR) is 118 cm³/mol. The summed E-state index contributed by atoms with van der Waals surface area (Å²) >= 11 is 0. The number of nitrogens with one attached hydrogen (secondary N) is 1. The van der Waals surface area contributed by atoms with E-state index in [1.54, 1.807) is 16.4 Å². The smallest absolute Gasteiger partial charge is 0.243 e. The van der Waals surface area contributed by atoms with E-state index in [0.717, 1.165) is 48.9 Å². The Balaban J connectivity index is 1.51. The molecule has 3 aliphatic rings. The highest BCUT2D eigenvalue weighted by Gasteiger charge is 2.39. The van der Waals surface area contributed by atoms with Crippen molar-refractivity contribution in [3.05, 3.63) is 65.7 Å². The first-order valence-corrected chi connectivity index (χ1v) is 12.3. The molecule has 0 saturated carbocycles. The van der Waals surface area contributed by atoms with Gasteiger partial charge in [-0.1, -0.05) is 43.2 Å². The van der Waals surface area contributed by atoms with Crippen molar-refractivity contribution in [2.45, 2.75) is 49.0 Å². The van der Waals surface area contributed by atoms with Gasteiger partial charge >= 0.3 is 0 Å². The fraction of sp³-hybridized carbons (Fsp3) is 0.417. The van der Waals surface area contributed by atoms with Crippen LogP contribution in [0.3, 0.4) is 0 Å². The number of rotatable bonds is 3. The van der Waals surface area contributed by atoms with Crippen molar-refractivity contribution in [2.24, 2.45) is 5.92 Å². The van der Waals surface area contributed by atoms with Crippen molar-refractivity contribution >= 4 is 15.7 Å². The predicted octanol–water partition coefficient (Wildman–Crippen LogP) is 4.78. The minimum atomic E-state index is -3.48. The summed E-state index contributed by atoms with van der Waals surface area (Å²) < 4.78 is 28.3. The van der Waals surface area contributed by atoms with Crippen LogP contribution in [0, 0.1) is 5.92 Å². The second-order valence-electron chi connectivity index (χ2n) is 8.60. The van der Waals surface area contributed by atoms with Crippen molar-refractivity contribution in [3.8, 4) is 5.75 Å². The van der Waals surface area contributed by atoms with Crippen LogP contribution in [0.15, 0.2) is 59.5 Å². The SMILES string of the molecule is O=S(=O)(c1ccc2c(c1)C1C=CCC1C(c1ccccc1O)N2)N1CCCCCC1. The molecule has 1 fully saturated rings. The summed E-state index contributed by atoms with van der Waals surface area (Å²) in [5.41, 5.74) is 2.88. The first kappa shape index (κ1) is 19.6. The lowest BCUT2D eigenvalue weighted by molar-refractivity contribution is 0.401. The summed E-state index contributed by atoms with van der Waals surface area (Å²) in [6.07, 6.45) is 9.33. The van der Waals surface area contributed by atoms with E-state index >= 15 is 0 Å². The average molecular weight is 425 g/mol. The van der Waals surface area contributed by atoms with Crippen molar-refractivity contribution in [1.82, 2.24) is 4.31 Å². The van der Waals surface area contributed by atoms with Gasteiger partial charge in [0.05, 0.1) is 10.9 Å². The fourth-order valence-corrected chi connectivity index (χ4v) is 6.78. The van der Waals surface area contributed by atoms with E-state index in [2.05, 4.69) is 17.5 Å². The lowest BCUT2D eigenvalue weighted by Gasteiger charge is -2.38. The summed E-state index contributed by atoms with van der Waals surface area (Å²) in [4.78, 5) is 0.394. The van der Waals surface area contributed by atoms with Gasteiger partial charge in [-0.3, -0.25) is 0 Å². The van der Waals surface area contributed by atoms with Crippen LogP contribution < -0.4 is 5.32 Å². The molecule has 3 unspecified atom stereocenters. The van der Waals surface area contributed by atoms with Gasteiger partial charge in [-0.2, -0.15) is 4.31 Å². The molecule has 6 heteroatoms. The quantitative estimate of drug-likeness (QED) is 0.696. The number of hydrogen-bond acceptors (Lipinski definition) is 4. The molecule has 1 saturated heterocycles. The van der Waals surface area contributed by atoms with Gasteiger partial charge in [-0.15, -0.1) is 0 Å². The van der Waals surface area contributed by atoms with E-state index < -0.39 is 10.0 Å². The molecule has 5 rings (SSSR count). The number of phenols is 1. The maximum atomic E-state index is 13.3. The van der Waals surface area contributed by atoms with Gasteiger partial charge in [0.15, 0.2) is 0 Å². The molecular formula is C24H28N2O3S. The molecular weight excluding hydrogens is 396 g/mol. The standard InChI is InChI=1S/C24H28N2O3S/c27-23-11-4-3-8-20(23)24-19-10-7-9-18(19)21-16-17(12-13-22(21)25-24)30(28,29)26-14-5-1-2-6-15-26/h3-4,7-9,11-13,16,18-19,24-25,27H,1-2,5-6,10,14-15H2. The van der Waals surface area contributed by atoms with Crippen LogP contribution in [-0.2, 0) is 10.0 Å². The molecule has 2 aromatic rings. The Hall–Kier alpha value is -2.31. The molecule has 2 aliphatic heterocycles. The number of allylic oxidation sites excluding steroid dienone is 2. The Morgan fingerprint density at radius 2 is 1.73 bits per heavy atom. The first-order valence-electron chi connectivity index (χ1n) is 10.9. The Bertz CT molecular complexity index is 1070. The van der Waals surface area contributed by atoms with Gasteiger partial charge in [0.1, 0.15) is 5.75 Å². The number of para-hydroxylation sites is 1. The van der Waals surface area contributed by atoms with Crippen molar-refractivity contribution < 1.29 is 13.5 Å². The van der Waals surface area contributed by atoms with Gasteiger partial charge < -0.3 is 10.4 Å². The molecule has 0 bridgehead atoms. The number of anilines is 1. The van der Waals surface area contributed by atoms with Crippen LogP contribution in [0.4, 0.5) is 5.69 Å². The Morgan fingerprint density at radius 1 is 0.967 bits per heavy atom. The number of sulfonamides is 1. The normalized spacial score (nSPS) is 26.5. The minimum absolute atomic E-state index is 0.00763. The van der Waals surface area contributed by atoms with Crippen LogP contribution >= 0.6 is 0 Å². The molecule has 5 nitrogen and oxygen atoms in total. The number of hydrogen-bond donors (Lipinski definition) is 2. The second-order valence-corrected chi connectivity index (χ2v) is 10.5. The number of fused-ring (bicyclic) bond motifs is 3. The second kappa shape index (κ2) is 7.75. The maximum Gasteiger partial charge on any atom is 0.243 e. The van der Waals surface area contributed by atoms with Gasteiger partial charge in [-0.25, -0.2) is 8.42 Å². The van der Waals surface area contributed by atoms with Gasteiger partial charge in [0.2, 0.25) is 10.0 Å². The van der Waals surface area contributed by atoms with E-state index in [9.17, 15) is 13.5 Å². The molecule has 158 valence electrons. The fourth-order valence-electron chi connectivity index (χ4n) is 5.22. The Morgan fingerprint density at radius 3 is 2.50 bits per heavy atom. The lowest BCUT2D eigenvalue weighted by atomic mass is 9.77. The highest BCUT2D eigenvalue weighted by atomic mass is 32.2. The van der Waals surface area contributed by atoms with E-state index in [1.165, 1.54) is 0 Å². The van der Waals surface area contributed by atoms with Crippen molar-refractivity contribution in [3.63, 3.8) is 0 Å². The highest BCUT2D eigenvalue weighted by Crippen LogP contribution is 2.51. The van der Waals surface area contributed by atoms with Gasteiger partial charge in [0.25, 0.3) is 0 Å². The van der Waals surface area contributed by atoms with Gasteiger partial charge in [0, 0.05) is 30.3 Å². The zero-order valence-corrected chi connectivity index (χ0v) is 17.8. The summed E-state index contributed by atoms with van der Waals surface area (Å²) in [6.45, 7) is 1.22. The highest BCUT2D eigenvalue weighted by molar-refractivity contribution is 7.89. The molecule has 0 amide bonds. The third-order valence-corrected chi connectivity index (χ3v) is 8.70. The zero-order chi connectivity index (χ0) is 20.7. The minimum Gasteiger partial charge on any atom is -0.508 e. The van der Waals surface area contributed by atoms with E-state index in [4.69, 9.17) is 0 Å². The monoisotopic (exact) mass is 424 g/mol. The van der Waals surface area contributed by atoms with E-state index in [-0.39, 0.29) is 17.9 Å². The van der Waals surface area contributed by atoms with Crippen LogP contribution in [0.5, 0.6) is 5.75 Å². The molecule has 3 atom stereocenters. The van der Waals surface area contributed by atoms with Crippen LogP contribution in [0.1, 0.15) is 55.2 Å². The van der Waals surface area contributed by atoms with E-state index in [0.29, 0.717) is 23.7 Å². The average Bonchev–Trinajstić information content (AvgIpc) is 3.08. The molecule has 0 radical (unpaired) electrons. The molecule has 30 heavy (non-hydrogen) atoms. The molecule has 2 aromatic carbocycles. The number of benzene rings is 2. The number of phenolic OH excluding ortho intramolecular Hbond substituents is 1. The summed E-state index contributed by atoms with van der Waals surface area (Å²) in [5.74, 6) is 0.691.